The fourth-order valence-corrected chi connectivity index (χ4v) is 5.35. The van der Waals surface area contributed by atoms with E-state index >= 15 is 0 Å². The van der Waals surface area contributed by atoms with Crippen molar-refractivity contribution < 1.29 is 18.0 Å². The molecular weight excluding hydrogens is 517 g/mol. The third-order valence-electron chi connectivity index (χ3n) is 7.54. The molecule has 3 aromatic carbocycles. The molecule has 0 saturated carbocycles. The number of likely N-dealkylation sites (N-methyl/N-ethyl adjacent to an activating group) is 2. The summed E-state index contributed by atoms with van der Waals surface area (Å²) in [6.07, 6.45) is -2.29. The number of anilines is 2. The van der Waals surface area contributed by atoms with Gasteiger partial charge in [-0.2, -0.15) is 13.2 Å². The fourth-order valence-electron chi connectivity index (χ4n) is 5.35. The molecule has 40 heavy (non-hydrogen) atoms. The number of hydrogen-bond acceptors (Lipinski definition) is 4. The quantitative estimate of drug-likeness (QED) is 0.277. The highest BCUT2D eigenvalue weighted by Crippen LogP contribution is 2.41. The van der Waals surface area contributed by atoms with Gasteiger partial charge in [-0.1, -0.05) is 18.2 Å². The molecule has 0 bridgehead atoms. The summed E-state index contributed by atoms with van der Waals surface area (Å²) in [5.41, 5.74) is 3.93. The smallest absolute Gasteiger partial charge is 0.373 e. The van der Waals surface area contributed by atoms with Crippen LogP contribution in [0.1, 0.15) is 17.2 Å². The Labute approximate surface area is 229 Å². The Hall–Kier alpha value is -4.31. The van der Waals surface area contributed by atoms with Crippen LogP contribution in [0.15, 0.2) is 66.9 Å². The van der Waals surface area contributed by atoms with Crippen molar-refractivity contribution in [3.8, 4) is 11.4 Å². The normalized spacial score (nSPS) is 15.3. The van der Waals surface area contributed by atoms with Gasteiger partial charge in [0.25, 0.3) is 0 Å². The summed E-state index contributed by atoms with van der Waals surface area (Å²) >= 11 is 0. The first kappa shape index (κ1) is 25.9. The highest BCUT2D eigenvalue weighted by Gasteiger charge is 2.35. The van der Waals surface area contributed by atoms with Crippen molar-refractivity contribution in [2.45, 2.75) is 18.6 Å². The molecule has 0 unspecified atom stereocenters. The fraction of sp³-hybridized carbons (Fsp3) is 0.267. The maximum atomic E-state index is 13.8. The zero-order valence-corrected chi connectivity index (χ0v) is 22.4. The van der Waals surface area contributed by atoms with Crippen LogP contribution in [0.4, 0.5) is 24.5 Å². The minimum absolute atomic E-state index is 0.195. The van der Waals surface area contributed by atoms with Crippen LogP contribution in [0.3, 0.4) is 0 Å². The van der Waals surface area contributed by atoms with Crippen LogP contribution >= 0.6 is 0 Å². The highest BCUT2D eigenvalue weighted by molar-refractivity contribution is 6.02. The number of nitrogens with zero attached hydrogens (tertiary/aromatic N) is 4. The Morgan fingerprint density at radius 3 is 2.58 bits per heavy atom. The van der Waals surface area contributed by atoms with Gasteiger partial charge in [0.15, 0.2) is 0 Å². The average molecular weight is 547 g/mol. The first-order chi connectivity index (χ1) is 19.1. The number of carbonyl (C=O) groups is 1. The number of imidazole rings is 1. The number of hydrogen-bond donors (Lipinski definition) is 2. The molecule has 5 aromatic rings. The minimum Gasteiger partial charge on any atom is -0.373 e. The second-order valence-electron chi connectivity index (χ2n) is 10.5. The molecule has 6 rings (SSSR count). The van der Waals surface area contributed by atoms with Crippen molar-refractivity contribution in [1.29, 1.82) is 0 Å². The van der Waals surface area contributed by atoms with E-state index in [1.807, 2.05) is 69.8 Å². The molecule has 0 radical (unpaired) electrons. The molecule has 0 fully saturated rings. The molecule has 0 spiro atoms. The third kappa shape index (κ3) is 4.58. The van der Waals surface area contributed by atoms with Gasteiger partial charge in [0.2, 0.25) is 5.91 Å². The van der Waals surface area contributed by atoms with E-state index in [9.17, 15) is 18.0 Å². The Morgan fingerprint density at radius 1 is 1.00 bits per heavy atom. The van der Waals surface area contributed by atoms with Crippen LogP contribution in [-0.4, -0.2) is 59.6 Å². The van der Waals surface area contributed by atoms with E-state index < -0.39 is 17.8 Å². The number of aromatic nitrogens is 3. The molecule has 10 heteroatoms. The van der Waals surface area contributed by atoms with E-state index in [4.69, 9.17) is 4.98 Å². The van der Waals surface area contributed by atoms with Gasteiger partial charge < -0.3 is 24.7 Å². The summed E-state index contributed by atoms with van der Waals surface area (Å²) in [6, 6.07) is 16.3. The lowest BCUT2D eigenvalue weighted by Crippen LogP contribution is -2.28. The number of aromatic amines is 1. The van der Waals surface area contributed by atoms with Crippen molar-refractivity contribution in [2.24, 2.45) is 0 Å². The highest BCUT2D eigenvalue weighted by atomic mass is 19.4. The van der Waals surface area contributed by atoms with Gasteiger partial charge in [0.05, 0.1) is 22.3 Å². The predicted molar refractivity (Wildman–Crippen MR) is 152 cm³/mol. The van der Waals surface area contributed by atoms with E-state index in [-0.39, 0.29) is 11.4 Å². The number of amides is 1. The molecule has 7 nitrogen and oxygen atoms in total. The van der Waals surface area contributed by atoms with Crippen molar-refractivity contribution in [3.63, 3.8) is 0 Å². The number of para-hydroxylation sites is 1. The monoisotopic (exact) mass is 546 g/mol. The topological polar surface area (TPSA) is 69.2 Å². The van der Waals surface area contributed by atoms with Crippen LogP contribution < -0.4 is 10.2 Å². The summed E-state index contributed by atoms with van der Waals surface area (Å²) in [5, 5.41) is 4.06. The first-order valence-electron chi connectivity index (χ1n) is 13.1. The average Bonchev–Trinajstić information content (AvgIpc) is 3.48. The molecule has 1 atom stereocenters. The number of fused-ring (bicyclic) bond motifs is 6. The first-order valence-corrected chi connectivity index (χ1v) is 13.1. The number of carbonyl (C=O) groups excluding carboxylic acids is 1. The van der Waals surface area contributed by atoms with Crippen molar-refractivity contribution >= 4 is 39.2 Å². The molecule has 2 aromatic heterocycles. The summed E-state index contributed by atoms with van der Waals surface area (Å²) in [7, 11) is 6.00. The molecule has 1 aliphatic heterocycles. The molecule has 206 valence electrons. The second-order valence-corrected chi connectivity index (χ2v) is 10.5. The van der Waals surface area contributed by atoms with Gasteiger partial charge in [-0.05, 0) is 62.1 Å². The van der Waals surface area contributed by atoms with E-state index in [1.165, 1.54) is 6.07 Å². The van der Waals surface area contributed by atoms with Gasteiger partial charge in [-0.3, -0.25) is 4.79 Å². The van der Waals surface area contributed by atoms with E-state index in [0.29, 0.717) is 29.0 Å². The van der Waals surface area contributed by atoms with E-state index in [1.54, 1.807) is 4.57 Å². The minimum atomic E-state index is -4.50. The van der Waals surface area contributed by atoms with Crippen molar-refractivity contribution in [2.75, 3.05) is 44.4 Å². The number of nitrogens with one attached hydrogen (secondary N) is 2. The Kier molecular flexibility index (Phi) is 6.29. The zero-order chi connectivity index (χ0) is 28.2. The standard InChI is InChI=1S/C30H29F3N6O/c1-37(2)12-13-38(3)20-9-10-24-22(16-20)28-35-25-15-19(30(31,32)33)8-11-26(25)39(28)27(29(40)36-24)14-18-17-34-23-7-5-4-6-21(18)23/h4-11,15-17,27,34H,12-14H2,1-3H3,(H,36,40)/t27-/m0/s1. The molecule has 0 aliphatic carbocycles. The number of H-pyrrole nitrogens is 1. The van der Waals surface area contributed by atoms with Gasteiger partial charge >= 0.3 is 6.18 Å². The van der Waals surface area contributed by atoms with Crippen molar-refractivity contribution in [1.82, 2.24) is 19.4 Å². The van der Waals surface area contributed by atoms with Gasteiger partial charge in [-0.25, -0.2) is 4.98 Å². The van der Waals surface area contributed by atoms with Crippen LogP contribution in [-0.2, 0) is 17.4 Å². The molecule has 1 aliphatic rings. The van der Waals surface area contributed by atoms with Crippen LogP contribution in [0.5, 0.6) is 0 Å². The number of rotatable bonds is 6. The van der Waals surface area contributed by atoms with Crippen LogP contribution in [0.2, 0.25) is 0 Å². The lowest BCUT2D eigenvalue weighted by molar-refractivity contribution is -0.137. The maximum Gasteiger partial charge on any atom is 0.416 e. The maximum absolute atomic E-state index is 13.8. The molecular formula is C30H29F3N6O. The van der Waals surface area contributed by atoms with Crippen LogP contribution in [0, 0.1) is 0 Å². The van der Waals surface area contributed by atoms with E-state index in [0.717, 1.165) is 47.4 Å². The summed E-state index contributed by atoms with van der Waals surface area (Å²) in [6.45, 7) is 1.61. The summed E-state index contributed by atoms with van der Waals surface area (Å²) in [4.78, 5) is 26.0. The lowest BCUT2D eigenvalue weighted by atomic mass is 10.0. The second kappa shape index (κ2) is 9.71. The summed E-state index contributed by atoms with van der Waals surface area (Å²) in [5.74, 6) is 0.202. The molecule has 2 N–H and O–H groups in total. The van der Waals surface area contributed by atoms with Crippen molar-refractivity contribution in [3.05, 3.63) is 78.0 Å². The Morgan fingerprint density at radius 2 is 1.80 bits per heavy atom. The van der Waals surface area contributed by atoms with Crippen LogP contribution in [0.25, 0.3) is 33.3 Å². The SMILES string of the molecule is CN(C)CCN(C)c1ccc2c(c1)-c1nc3cc(C(F)(F)F)ccc3n1[C@@H](Cc1c[nH]c3ccccc13)C(=O)N2. The number of halogens is 3. The molecule has 3 heterocycles. The zero-order valence-electron chi connectivity index (χ0n) is 22.4. The Balaban J connectivity index is 1.52. The van der Waals surface area contributed by atoms with Gasteiger partial charge in [0, 0.05) is 54.9 Å². The lowest BCUT2D eigenvalue weighted by Gasteiger charge is -2.22. The van der Waals surface area contributed by atoms with Gasteiger partial charge in [-0.15, -0.1) is 0 Å². The Bertz CT molecular complexity index is 1730. The number of alkyl halides is 3. The third-order valence-corrected chi connectivity index (χ3v) is 7.54. The van der Waals surface area contributed by atoms with E-state index in [2.05, 4.69) is 20.1 Å². The van der Waals surface area contributed by atoms with Gasteiger partial charge in [0.1, 0.15) is 11.9 Å². The summed E-state index contributed by atoms with van der Waals surface area (Å²) < 4.78 is 42.6. The largest absolute Gasteiger partial charge is 0.416 e. The number of benzene rings is 3. The molecule has 1 amide bonds. The predicted octanol–water partition coefficient (Wildman–Crippen LogP) is 5.94. The molecule has 0 saturated heterocycles.